The molecule has 0 unspecified atom stereocenters. The zero-order valence-corrected chi connectivity index (χ0v) is 17.8. The van der Waals surface area contributed by atoms with E-state index in [9.17, 15) is 4.39 Å². The van der Waals surface area contributed by atoms with Crippen molar-refractivity contribution < 1.29 is 13.3 Å². The lowest BCUT2D eigenvalue weighted by Crippen LogP contribution is -2.05. The van der Waals surface area contributed by atoms with Gasteiger partial charge in [-0.1, -0.05) is 40.2 Å². The van der Waals surface area contributed by atoms with Crippen LogP contribution in [0, 0.1) is 19.7 Å². The molecule has 32 heavy (non-hydrogen) atoms. The van der Waals surface area contributed by atoms with Gasteiger partial charge in [-0.15, -0.1) is 5.10 Å². The summed E-state index contributed by atoms with van der Waals surface area (Å²) in [7, 11) is 0. The Morgan fingerprint density at radius 3 is 2.62 bits per heavy atom. The third-order valence-electron chi connectivity index (χ3n) is 4.96. The highest BCUT2D eigenvalue weighted by Gasteiger charge is 2.20. The normalized spacial score (nSPS) is 11.2. The molecule has 0 atom stereocenters. The standard InChI is InChI=1S/C22H16ClFN6O2/c1-12-19(22-26-20(28-32-22)14-5-4-8-17(24)10-14)27-29-30(12)11-18-13(2)31-21(25-18)15-6-3-7-16(23)9-15/h3-10H,11H2,1-2H3. The van der Waals surface area contributed by atoms with Gasteiger partial charge in [-0.3, -0.25) is 0 Å². The van der Waals surface area contributed by atoms with Crippen LogP contribution < -0.4 is 0 Å². The van der Waals surface area contributed by atoms with Crippen LogP contribution in [-0.4, -0.2) is 30.1 Å². The summed E-state index contributed by atoms with van der Waals surface area (Å²) in [5.41, 5.74) is 3.17. The molecule has 8 nitrogen and oxygen atoms in total. The molecule has 0 saturated carbocycles. The second-order valence-corrected chi connectivity index (χ2v) is 7.58. The maximum atomic E-state index is 13.5. The van der Waals surface area contributed by atoms with Crippen LogP contribution in [0.4, 0.5) is 4.39 Å². The molecule has 0 N–H and O–H groups in total. The molecule has 0 radical (unpaired) electrons. The van der Waals surface area contributed by atoms with E-state index in [0.29, 0.717) is 45.9 Å². The molecule has 3 heterocycles. The Balaban J connectivity index is 1.41. The number of aryl methyl sites for hydroxylation is 1. The van der Waals surface area contributed by atoms with Gasteiger partial charge in [-0.2, -0.15) is 4.98 Å². The molecule has 5 rings (SSSR count). The molecular weight excluding hydrogens is 435 g/mol. The Bertz CT molecular complexity index is 1420. The highest BCUT2D eigenvalue weighted by atomic mass is 35.5. The maximum Gasteiger partial charge on any atom is 0.280 e. The quantitative estimate of drug-likeness (QED) is 0.367. The van der Waals surface area contributed by atoms with Crippen molar-refractivity contribution in [2.24, 2.45) is 0 Å². The van der Waals surface area contributed by atoms with Crippen LogP contribution in [0.5, 0.6) is 0 Å². The van der Waals surface area contributed by atoms with E-state index in [0.717, 1.165) is 5.56 Å². The van der Waals surface area contributed by atoms with E-state index in [4.69, 9.17) is 20.5 Å². The van der Waals surface area contributed by atoms with Crippen LogP contribution in [0.3, 0.4) is 0 Å². The van der Waals surface area contributed by atoms with E-state index < -0.39 is 0 Å². The number of hydrogen-bond donors (Lipinski definition) is 0. The Labute approximate surface area is 186 Å². The van der Waals surface area contributed by atoms with Crippen molar-refractivity contribution in [1.82, 2.24) is 30.1 Å². The van der Waals surface area contributed by atoms with Crippen molar-refractivity contribution >= 4 is 11.6 Å². The van der Waals surface area contributed by atoms with E-state index in [1.807, 2.05) is 26.0 Å². The first kappa shape index (κ1) is 20.1. The number of rotatable bonds is 5. The highest BCUT2D eigenvalue weighted by molar-refractivity contribution is 6.30. The van der Waals surface area contributed by atoms with Crippen molar-refractivity contribution in [3.05, 3.63) is 76.5 Å². The summed E-state index contributed by atoms with van der Waals surface area (Å²) in [6.45, 7) is 4.03. The SMILES string of the molecule is Cc1oc(-c2cccc(Cl)c2)nc1Cn1nnc(-c2nc(-c3cccc(F)c3)no2)c1C. The molecule has 2 aromatic carbocycles. The first-order valence-corrected chi connectivity index (χ1v) is 10.1. The minimum Gasteiger partial charge on any atom is -0.441 e. The number of aromatic nitrogens is 6. The van der Waals surface area contributed by atoms with Gasteiger partial charge in [0.2, 0.25) is 11.7 Å². The number of oxazole rings is 1. The van der Waals surface area contributed by atoms with Gasteiger partial charge in [0.05, 0.1) is 12.2 Å². The van der Waals surface area contributed by atoms with Gasteiger partial charge in [0.15, 0.2) is 5.69 Å². The first-order valence-electron chi connectivity index (χ1n) is 9.70. The van der Waals surface area contributed by atoms with Crippen molar-refractivity contribution in [3.8, 4) is 34.4 Å². The molecule has 0 bridgehead atoms. The van der Waals surface area contributed by atoms with Gasteiger partial charge < -0.3 is 8.94 Å². The Kier molecular flexibility index (Phi) is 5.02. The maximum absolute atomic E-state index is 13.5. The molecule has 0 aliphatic carbocycles. The fourth-order valence-corrected chi connectivity index (χ4v) is 3.42. The zero-order valence-electron chi connectivity index (χ0n) is 17.1. The Morgan fingerprint density at radius 1 is 1.00 bits per heavy atom. The predicted octanol–water partition coefficient (Wildman–Crippen LogP) is 5.11. The molecule has 0 spiro atoms. The minimum absolute atomic E-state index is 0.199. The average molecular weight is 451 g/mol. The highest BCUT2D eigenvalue weighted by Crippen LogP contribution is 2.26. The number of nitrogens with zero attached hydrogens (tertiary/aromatic N) is 6. The fourth-order valence-electron chi connectivity index (χ4n) is 3.23. The smallest absolute Gasteiger partial charge is 0.280 e. The fraction of sp³-hybridized carbons (Fsp3) is 0.136. The summed E-state index contributed by atoms with van der Waals surface area (Å²) in [5.74, 6) is 1.24. The summed E-state index contributed by atoms with van der Waals surface area (Å²) in [6, 6.07) is 13.3. The topological polar surface area (TPSA) is 95.7 Å². The molecule has 0 fully saturated rings. The molecule has 5 aromatic rings. The van der Waals surface area contributed by atoms with Crippen LogP contribution in [0.25, 0.3) is 34.4 Å². The third-order valence-corrected chi connectivity index (χ3v) is 5.19. The second kappa shape index (κ2) is 8.01. The molecule has 0 saturated heterocycles. The summed E-state index contributed by atoms with van der Waals surface area (Å²) >= 11 is 6.07. The van der Waals surface area contributed by atoms with E-state index in [1.54, 1.807) is 28.9 Å². The van der Waals surface area contributed by atoms with Crippen LogP contribution >= 0.6 is 11.6 Å². The number of halogens is 2. The van der Waals surface area contributed by atoms with E-state index in [2.05, 4.69) is 25.4 Å². The van der Waals surface area contributed by atoms with Crippen LogP contribution in [0.15, 0.2) is 57.5 Å². The summed E-state index contributed by atoms with van der Waals surface area (Å²) in [5, 5.41) is 12.9. The first-order chi connectivity index (χ1) is 15.5. The Hall–Kier alpha value is -3.85. The molecule has 0 aliphatic rings. The minimum atomic E-state index is -0.379. The molecule has 3 aromatic heterocycles. The lowest BCUT2D eigenvalue weighted by molar-refractivity contribution is 0.430. The third kappa shape index (κ3) is 3.78. The number of benzene rings is 2. The lowest BCUT2D eigenvalue weighted by Gasteiger charge is -2.00. The molecular formula is C22H16ClFN6O2. The van der Waals surface area contributed by atoms with Gasteiger partial charge >= 0.3 is 0 Å². The monoisotopic (exact) mass is 450 g/mol. The van der Waals surface area contributed by atoms with Crippen LogP contribution in [0.1, 0.15) is 17.1 Å². The molecule has 0 aliphatic heterocycles. The van der Waals surface area contributed by atoms with Crippen molar-refractivity contribution in [2.75, 3.05) is 0 Å². The van der Waals surface area contributed by atoms with Gasteiger partial charge in [0.25, 0.3) is 5.89 Å². The Morgan fingerprint density at radius 2 is 1.81 bits per heavy atom. The van der Waals surface area contributed by atoms with Crippen LogP contribution in [-0.2, 0) is 6.54 Å². The summed E-state index contributed by atoms with van der Waals surface area (Å²) in [6.07, 6.45) is 0. The molecule has 160 valence electrons. The van der Waals surface area contributed by atoms with Gasteiger partial charge in [0.1, 0.15) is 17.3 Å². The summed E-state index contributed by atoms with van der Waals surface area (Å²) < 4.78 is 26.3. The van der Waals surface area contributed by atoms with Crippen molar-refractivity contribution in [1.29, 1.82) is 0 Å². The number of hydrogen-bond acceptors (Lipinski definition) is 7. The predicted molar refractivity (Wildman–Crippen MR) is 114 cm³/mol. The molecule has 10 heteroatoms. The van der Waals surface area contributed by atoms with E-state index in [-0.39, 0.29) is 17.5 Å². The van der Waals surface area contributed by atoms with Crippen molar-refractivity contribution in [3.63, 3.8) is 0 Å². The zero-order chi connectivity index (χ0) is 22.2. The lowest BCUT2D eigenvalue weighted by atomic mass is 10.2. The van der Waals surface area contributed by atoms with Gasteiger partial charge in [-0.25, -0.2) is 14.1 Å². The van der Waals surface area contributed by atoms with Gasteiger partial charge in [-0.05, 0) is 44.2 Å². The van der Waals surface area contributed by atoms with Crippen LogP contribution in [0.2, 0.25) is 5.02 Å². The van der Waals surface area contributed by atoms with Crippen molar-refractivity contribution in [2.45, 2.75) is 20.4 Å². The largest absolute Gasteiger partial charge is 0.441 e. The van der Waals surface area contributed by atoms with E-state index >= 15 is 0 Å². The summed E-state index contributed by atoms with van der Waals surface area (Å²) in [4.78, 5) is 8.93. The second-order valence-electron chi connectivity index (χ2n) is 7.15. The van der Waals surface area contributed by atoms with Gasteiger partial charge in [0, 0.05) is 16.1 Å². The average Bonchev–Trinajstić information content (AvgIpc) is 3.48. The molecule has 0 amide bonds. The van der Waals surface area contributed by atoms with E-state index in [1.165, 1.54) is 12.1 Å².